The van der Waals surface area contributed by atoms with E-state index in [0.29, 0.717) is 17.6 Å². The monoisotopic (exact) mass is 218 g/mol. The minimum Gasteiger partial charge on any atom is -0.508 e. The molecule has 2 aliphatic rings. The van der Waals surface area contributed by atoms with Gasteiger partial charge in [-0.3, -0.25) is 0 Å². The Balaban J connectivity index is 1.94. The molecule has 0 bridgehead atoms. The quantitative estimate of drug-likeness (QED) is 0.702. The number of hydrogen-bond acceptors (Lipinski definition) is 2. The fraction of sp³-hybridized carbons (Fsp3) is 0.571. The molecule has 86 valence electrons. The van der Waals surface area contributed by atoms with E-state index in [1.165, 1.54) is 11.1 Å². The largest absolute Gasteiger partial charge is 0.508 e. The first-order valence-corrected chi connectivity index (χ1v) is 6.24. The minimum absolute atomic E-state index is 0.0834. The van der Waals surface area contributed by atoms with Crippen molar-refractivity contribution in [3.8, 4) is 5.75 Å². The molecule has 0 amide bonds. The normalized spacial score (nSPS) is 32.9. The van der Waals surface area contributed by atoms with Crippen molar-refractivity contribution in [2.24, 2.45) is 5.92 Å². The zero-order valence-corrected chi connectivity index (χ0v) is 9.39. The molecule has 1 aromatic rings. The molecule has 2 N–H and O–H groups in total. The summed E-state index contributed by atoms with van der Waals surface area (Å²) >= 11 is 0. The first-order valence-electron chi connectivity index (χ1n) is 6.24. The van der Waals surface area contributed by atoms with Crippen LogP contribution in [0.1, 0.15) is 42.7 Å². The summed E-state index contributed by atoms with van der Waals surface area (Å²) in [6, 6.07) is 5.79. The molecule has 0 spiro atoms. The summed E-state index contributed by atoms with van der Waals surface area (Å²) in [5.41, 5.74) is 2.73. The van der Waals surface area contributed by atoms with Gasteiger partial charge in [0.25, 0.3) is 0 Å². The molecule has 2 aliphatic carbocycles. The van der Waals surface area contributed by atoms with E-state index >= 15 is 0 Å². The van der Waals surface area contributed by atoms with Gasteiger partial charge in [0.1, 0.15) is 5.75 Å². The van der Waals surface area contributed by atoms with Crippen molar-refractivity contribution >= 4 is 0 Å². The highest BCUT2D eigenvalue weighted by atomic mass is 16.3. The van der Waals surface area contributed by atoms with Crippen molar-refractivity contribution in [1.29, 1.82) is 0 Å². The lowest BCUT2D eigenvalue weighted by Gasteiger charge is -2.39. The van der Waals surface area contributed by atoms with Gasteiger partial charge in [0.05, 0.1) is 6.10 Å². The van der Waals surface area contributed by atoms with E-state index in [1.807, 2.05) is 6.07 Å². The minimum atomic E-state index is -0.0834. The summed E-state index contributed by atoms with van der Waals surface area (Å²) in [5, 5.41) is 19.2. The molecule has 0 aliphatic heterocycles. The van der Waals surface area contributed by atoms with Gasteiger partial charge in [-0.05, 0) is 67.2 Å². The third-order valence-corrected chi connectivity index (χ3v) is 4.27. The Morgan fingerprint density at radius 2 is 2.00 bits per heavy atom. The number of phenolic OH excluding ortho intramolecular Hbond substituents is 1. The molecule has 2 heteroatoms. The van der Waals surface area contributed by atoms with Crippen molar-refractivity contribution in [2.75, 3.05) is 0 Å². The number of rotatable bonds is 0. The van der Waals surface area contributed by atoms with E-state index in [2.05, 4.69) is 6.07 Å². The maximum absolute atomic E-state index is 9.70. The third-order valence-electron chi connectivity index (χ3n) is 4.27. The van der Waals surface area contributed by atoms with Gasteiger partial charge in [-0.2, -0.15) is 0 Å². The van der Waals surface area contributed by atoms with Gasteiger partial charge < -0.3 is 10.2 Å². The van der Waals surface area contributed by atoms with Gasteiger partial charge in [-0.25, -0.2) is 0 Å². The Morgan fingerprint density at radius 3 is 2.88 bits per heavy atom. The topological polar surface area (TPSA) is 40.5 Å². The lowest BCUT2D eigenvalue weighted by Crippen LogP contribution is -2.30. The van der Waals surface area contributed by atoms with Crippen molar-refractivity contribution in [1.82, 2.24) is 0 Å². The van der Waals surface area contributed by atoms with Crippen LogP contribution in [0.25, 0.3) is 0 Å². The Hall–Kier alpha value is -1.02. The number of phenols is 1. The summed E-state index contributed by atoms with van der Waals surface area (Å²) < 4.78 is 0. The van der Waals surface area contributed by atoms with Crippen LogP contribution in [-0.2, 0) is 6.42 Å². The average Bonchev–Trinajstić information content (AvgIpc) is 2.28. The van der Waals surface area contributed by atoms with E-state index in [9.17, 15) is 10.2 Å². The van der Waals surface area contributed by atoms with Crippen molar-refractivity contribution in [3.05, 3.63) is 29.3 Å². The molecule has 3 unspecified atom stereocenters. The predicted molar refractivity (Wildman–Crippen MR) is 62.5 cm³/mol. The Labute approximate surface area is 95.9 Å². The molecule has 2 nitrogen and oxygen atoms in total. The molecule has 1 fully saturated rings. The Morgan fingerprint density at radius 1 is 1.12 bits per heavy atom. The Kier molecular flexibility index (Phi) is 2.40. The van der Waals surface area contributed by atoms with Crippen LogP contribution in [0.3, 0.4) is 0 Å². The van der Waals surface area contributed by atoms with Gasteiger partial charge in [-0.15, -0.1) is 0 Å². The SMILES string of the molecule is Oc1ccc2c(c1)CCC1CC(O)CCC21. The lowest BCUT2D eigenvalue weighted by molar-refractivity contribution is 0.0828. The molecule has 3 atom stereocenters. The summed E-state index contributed by atoms with van der Waals surface area (Å²) in [5.74, 6) is 1.65. The van der Waals surface area contributed by atoms with Gasteiger partial charge in [0.15, 0.2) is 0 Å². The molecule has 3 rings (SSSR count). The maximum Gasteiger partial charge on any atom is 0.115 e. The average molecular weight is 218 g/mol. The Bertz CT molecular complexity index is 400. The second kappa shape index (κ2) is 3.77. The summed E-state index contributed by atoms with van der Waals surface area (Å²) in [4.78, 5) is 0. The van der Waals surface area contributed by atoms with Gasteiger partial charge in [0.2, 0.25) is 0 Å². The highest BCUT2D eigenvalue weighted by Crippen LogP contribution is 2.45. The van der Waals surface area contributed by atoms with Crippen LogP contribution >= 0.6 is 0 Å². The van der Waals surface area contributed by atoms with E-state index in [1.54, 1.807) is 6.07 Å². The number of fused-ring (bicyclic) bond motifs is 3. The number of aliphatic hydroxyl groups is 1. The smallest absolute Gasteiger partial charge is 0.115 e. The van der Waals surface area contributed by atoms with Gasteiger partial charge in [0, 0.05) is 0 Å². The van der Waals surface area contributed by atoms with E-state index in [-0.39, 0.29) is 6.10 Å². The number of aryl methyl sites for hydroxylation is 1. The summed E-state index contributed by atoms with van der Waals surface area (Å²) in [6.45, 7) is 0. The van der Waals surface area contributed by atoms with Crippen molar-refractivity contribution in [3.63, 3.8) is 0 Å². The summed E-state index contributed by atoms with van der Waals surface area (Å²) in [6.07, 6.45) is 5.13. The summed E-state index contributed by atoms with van der Waals surface area (Å²) in [7, 11) is 0. The molecule has 1 aromatic carbocycles. The second-order valence-corrected chi connectivity index (χ2v) is 5.26. The van der Waals surface area contributed by atoms with Crippen LogP contribution in [0.15, 0.2) is 18.2 Å². The van der Waals surface area contributed by atoms with E-state index in [0.717, 1.165) is 32.1 Å². The molecular formula is C14H18O2. The predicted octanol–water partition coefficient (Wildman–Crippen LogP) is 2.58. The molecule has 0 aromatic heterocycles. The van der Waals surface area contributed by atoms with Crippen molar-refractivity contribution < 1.29 is 10.2 Å². The van der Waals surface area contributed by atoms with Crippen LogP contribution < -0.4 is 0 Å². The molecule has 16 heavy (non-hydrogen) atoms. The fourth-order valence-corrected chi connectivity index (χ4v) is 3.48. The molecule has 0 heterocycles. The van der Waals surface area contributed by atoms with Gasteiger partial charge in [-0.1, -0.05) is 6.07 Å². The number of aromatic hydroxyl groups is 1. The van der Waals surface area contributed by atoms with Crippen LogP contribution in [0.5, 0.6) is 5.75 Å². The number of aliphatic hydroxyl groups excluding tert-OH is 1. The molecule has 1 saturated carbocycles. The highest BCUT2D eigenvalue weighted by molar-refractivity contribution is 5.39. The molecule has 0 radical (unpaired) electrons. The lowest BCUT2D eigenvalue weighted by atomic mass is 9.67. The zero-order chi connectivity index (χ0) is 11.1. The van der Waals surface area contributed by atoms with Crippen LogP contribution in [0.4, 0.5) is 0 Å². The maximum atomic E-state index is 9.70. The first-order chi connectivity index (χ1) is 7.74. The molecular weight excluding hydrogens is 200 g/mol. The van der Waals surface area contributed by atoms with Gasteiger partial charge >= 0.3 is 0 Å². The third kappa shape index (κ3) is 1.61. The first kappa shape index (κ1) is 10.2. The van der Waals surface area contributed by atoms with Crippen LogP contribution in [0, 0.1) is 5.92 Å². The zero-order valence-electron chi connectivity index (χ0n) is 9.39. The highest BCUT2D eigenvalue weighted by Gasteiger charge is 2.34. The van der Waals surface area contributed by atoms with Crippen LogP contribution in [-0.4, -0.2) is 16.3 Å². The van der Waals surface area contributed by atoms with Crippen LogP contribution in [0.2, 0.25) is 0 Å². The number of benzene rings is 1. The van der Waals surface area contributed by atoms with Crippen molar-refractivity contribution in [2.45, 2.75) is 44.1 Å². The van der Waals surface area contributed by atoms with E-state index in [4.69, 9.17) is 0 Å². The second-order valence-electron chi connectivity index (χ2n) is 5.26. The fourth-order valence-electron chi connectivity index (χ4n) is 3.48. The van der Waals surface area contributed by atoms with E-state index < -0.39 is 0 Å². The molecule has 0 saturated heterocycles. The number of hydrogen-bond donors (Lipinski definition) is 2. The standard InChI is InChI=1S/C14H18O2/c15-11-3-5-13-9(7-11)1-2-10-8-12(16)4-6-14(10)13/h3,5,7,10,12,14-16H,1-2,4,6,8H2.